The van der Waals surface area contributed by atoms with Crippen molar-refractivity contribution in [2.24, 2.45) is 5.10 Å². The Bertz CT molecular complexity index is 822. The first-order valence-electron chi connectivity index (χ1n) is 6.83. The smallest absolute Gasteiger partial charge is 0.318 e. The van der Waals surface area contributed by atoms with Crippen LogP contribution in [0.3, 0.4) is 0 Å². The van der Waals surface area contributed by atoms with E-state index in [0.717, 1.165) is 22.7 Å². The van der Waals surface area contributed by atoms with Crippen molar-refractivity contribution in [3.05, 3.63) is 64.1 Å². The molecule has 0 atom stereocenters. The summed E-state index contributed by atoms with van der Waals surface area (Å²) < 4.78 is 38.6. The second-order valence-corrected chi connectivity index (χ2v) is 5.61. The average Bonchev–Trinajstić information content (AvgIpc) is 2.56. The molecule has 0 radical (unpaired) electrons. The Morgan fingerprint density at radius 3 is 2.44 bits per heavy atom. The van der Waals surface area contributed by atoms with E-state index >= 15 is 0 Å². The van der Waals surface area contributed by atoms with Crippen molar-refractivity contribution in [1.29, 1.82) is 0 Å². The molecule has 2 aromatic rings. The molecule has 5 nitrogen and oxygen atoms in total. The highest BCUT2D eigenvalue weighted by molar-refractivity contribution is 9.10. The predicted octanol–water partition coefficient (Wildman–Crippen LogP) is 3.56. The molecule has 0 aromatic heterocycles. The molecule has 0 saturated heterocycles. The van der Waals surface area contributed by atoms with E-state index in [2.05, 4.69) is 26.3 Å². The summed E-state index contributed by atoms with van der Waals surface area (Å²) in [4.78, 5) is 23.3. The van der Waals surface area contributed by atoms with Crippen LogP contribution in [0.1, 0.15) is 11.1 Å². The van der Waals surface area contributed by atoms with Crippen LogP contribution in [0.25, 0.3) is 0 Å². The molecule has 0 saturated carbocycles. The van der Waals surface area contributed by atoms with Crippen molar-refractivity contribution >= 4 is 39.6 Å². The van der Waals surface area contributed by atoms with Crippen LogP contribution < -0.4 is 10.7 Å². The summed E-state index contributed by atoms with van der Waals surface area (Å²) >= 11 is 3.28. The number of carbonyl (C=O) groups is 2. The lowest BCUT2D eigenvalue weighted by molar-refractivity contribution is -0.137. The van der Waals surface area contributed by atoms with Gasteiger partial charge >= 0.3 is 18.0 Å². The zero-order chi connectivity index (χ0) is 18.4. The van der Waals surface area contributed by atoms with Gasteiger partial charge in [-0.2, -0.15) is 18.3 Å². The van der Waals surface area contributed by atoms with Crippen molar-refractivity contribution in [2.75, 3.05) is 5.32 Å². The third kappa shape index (κ3) is 5.42. The highest BCUT2D eigenvalue weighted by atomic mass is 79.9. The highest BCUT2D eigenvalue weighted by Gasteiger charge is 2.30. The van der Waals surface area contributed by atoms with Gasteiger partial charge in [0.1, 0.15) is 0 Å². The van der Waals surface area contributed by atoms with Gasteiger partial charge in [0.25, 0.3) is 0 Å². The predicted molar refractivity (Wildman–Crippen MR) is 90.0 cm³/mol. The Morgan fingerprint density at radius 2 is 1.76 bits per heavy atom. The van der Waals surface area contributed by atoms with E-state index in [4.69, 9.17) is 0 Å². The third-order valence-electron chi connectivity index (χ3n) is 2.93. The molecular weight excluding hydrogens is 403 g/mol. The molecule has 0 aliphatic heterocycles. The fraction of sp³-hybridized carbons (Fsp3) is 0.0625. The molecule has 2 aromatic carbocycles. The normalized spacial score (nSPS) is 11.4. The second-order valence-electron chi connectivity index (χ2n) is 4.75. The minimum atomic E-state index is -4.55. The quantitative estimate of drug-likeness (QED) is 0.458. The number of halogens is 4. The molecule has 0 heterocycles. The highest BCUT2D eigenvalue weighted by Crippen LogP contribution is 2.30. The molecule has 0 fully saturated rings. The maximum atomic E-state index is 12.6. The van der Waals surface area contributed by atoms with E-state index in [1.54, 1.807) is 24.3 Å². The van der Waals surface area contributed by atoms with Gasteiger partial charge in [-0.1, -0.05) is 40.2 Å². The molecule has 0 aliphatic carbocycles. The first-order chi connectivity index (χ1) is 11.8. The van der Waals surface area contributed by atoms with E-state index in [1.165, 1.54) is 12.3 Å². The van der Waals surface area contributed by atoms with E-state index in [9.17, 15) is 22.8 Å². The summed E-state index contributed by atoms with van der Waals surface area (Å²) in [6.45, 7) is 0. The second kappa shape index (κ2) is 7.93. The number of benzene rings is 2. The first kappa shape index (κ1) is 18.7. The first-order valence-corrected chi connectivity index (χ1v) is 7.63. The summed E-state index contributed by atoms with van der Waals surface area (Å²) in [6.07, 6.45) is -3.23. The van der Waals surface area contributed by atoms with Gasteiger partial charge in [0, 0.05) is 15.7 Å². The van der Waals surface area contributed by atoms with Gasteiger partial charge in [0.2, 0.25) is 0 Å². The number of hydrogen-bond acceptors (Lipinski definition) is 3. The number of nitrogens with one attached hydrogen (secondary N) is 2. The van der Waals surface area contributed by atoms with E-state index in [-0.39, 0.29) is 5.69 Å². The lowest BCUT2D eigenvalue weighted by Crippen LogP contribution is -2.32. The fourth-order valence-corrected chi connectivity index (χ4v) is 2.14. The topological polar surface area (TPSA) is 70.6 Å². The maximum absolute atomic E-state index is 12.6. The Hall–Kier alpha value is -2.68. The number of anilines is 1. The van der Waals surface area contributed by atoms with Crippen LogP contribution in [-0.2, 0) is 15.8 Å². The van der Waals surface area contributed by atoms with Crippen LogP contribution in [0.15, 0.2) is 58.1 Å². The van der Waals surface area contributed by atoms with E-state index in [0.29, 0.717) is 5.56 Å². The molecular formula is C16H11BrF3N3O2. The van der Waals surface area contributed by atoms with Crippen molar-refractivity contribution in [2.45, 2.75) is 6.18 Å². The standard InChI is InChI=1S/C16H11BrF3N3O2/c17-13-7-2-1-4-10(13)9-21-23-15(25)14(24)22-12-6-3-5-11(8-12)16(18,19)20/h1-9H,(H,22,24)(H,23,25)/b21-9+. The lowest BCUT2D eigenvalue weighted by Gasteiger charge is -2.09. The molecule has 130 valence electrons. The van der Waals surface area contributed by atoms with Gasteiger partial charge in [-0.3, -0.25) is 9.59 Å². The molecule has 25 heavy (non-hydrogen) atoms. The zero-order valence-electron chi connectivity index (χ0n) is 12.5. The van der Waals surface area contributed by atoms with Crippen LogP contribution in [0.5, 0.6) is 0 Å². The monoisotopic (exact) mass is 413 g/mol. The van der Waals surface area contributed by atoms with Gasteiger partial charge in [0.15, 0.2) is 0 Å². The summed E-state index contributed by atoms with van der Waals surface area (Å²) in [7, 11) is 0. The molecule has 2 rings (SSSR count). The number of rotatable bonds is 3. The third-order valence-corrected chi connectivity index (χ3v) is 3.65. The minimum absolute atomic E-state index is 0.148. The summed E-state index contributed by atoms with van der Waals surface area (Å²) in [6, 6.07) is 11.0. The van der Waals surface area contributed by atoms with E-state index < -0.39 is 23.6 Å². The van der Waals surface area contributed by atoms with Crippen LogP contribution in [-0.4, -0.2) is 18.0 Å². The Balaban J connectivity index is 1.97. The van der Waals surface area contributed by atoms with Crippen LogP contribution in [0.2, 0.25) is 0 Å². The summed E-state index contributed by atoms with van der Waals surface area (Å²) in [5.74, 6) is -2.25. The van der Waals surface area contributed by atoms with Crippen molar-refractivity contribution in [3.63, 3.8) is 0 Å². The summed E-state index contributed by atoms with van der Waals surface area (Å²) in [5, 5.41) is 5.71. The Kier molecular flexibility index (Phi) is 5.92. The SMILES string of the molecule is O=C(N/N=C/c1ccccc1Br)C(=O)Nc1cccc(C(F)(F)F)c1. The van der Waals surface area contributed by atoms with Crippen molar-refractivity contribution in [1.82, 2.24) is 5.43 Å². The molecule has 0 unspecified atom stereocenters. The maximum Gasteiger partial charge on any atom is 0.416 e. The van der Waals surface area contributed by atoms with Crippen LogP contribution in [0, 0.1) is 0 Å². The zero-order valence-corrected chi connectivity index (χ0v) is 14.1. The molecule has 0 bridgehead atoms. The number of alkyl halides is 3. The van der Waals surface area contributed by atoms with Crippen molar-refractivity contribution < 1.29 is 22.8 Å². The van der Waals surface area contributed by atoms with Gasteiger partial charge in [-0.25, -0.2) is 5.43 Å². The number of nitrogens with zero attached hydrogens (tertiary/aromatic N) is 1. The number of carbonyl (C=O) groups excluding carboxylic acids is 2. The molecule has 2 amide bonds. The number of amides is 2. The van der Waals surface area contributed by atoms with Gasteiger partial charge in [0.05, 0.1) is 11.8 Å². The average molecular weight is 414 g/mol. The molecule has 0 spiro atoms. The molecule has 9 heteroatoms. The lowest BCUT2D eigenvalue weighted by atomic mass is 10.2. The minimum Gasteiger partial charge on any atom is -0.318 e. The number of hydrogen-bond donors (Lipinski definition) is 2. The van der Waals surface area contributed by atoms with Gasteiger partial charge in [-0.05, 0) is 24.3 Å². The summed E-state index contributed by atoms with van der Waals surface area (Å²) in [5.41, 5.74) is 1.59. The van der Waals surface area contributed by atoms with Crippen molar-refractivity contribution in [3.8, 4) is 0 Å². The molecule has 0 aliphatic rings. The Morgan fingerprint density at radius 1 is 1.04 bits per heavy atom. The molecule has 2 N–H and O–H groups in total. The Labute approximate surface area is 149 Å². The number of hydrazone groups is 1. The van der Waals surface area contributed by atoms with Gasteiger partial charge < -0.3 is 5.32 Å². The van der Waals surface area contributed by atoms with E-state index in [1.807, 2.05) is 5.43 Å². The fourth-order valence-electron chi connectivity index (χ4n) is 1.75. The van der Waals surface area contributed by atoms with Crippen LogP contribution in [0.4, 0.5) is 18.9 Å². The van der Waals surface area contributed by atoms with Crippen LogP contribution >= 0.6 is 15.9 Å². The van der Waals surface area contributed by atoms with Gasteiger partial charge in [-0.15, -0.1) is 0 Å². The largest absolute Gasteiger partial charge is 0.416 e.